The van der Waals surface area contributed by atoms with Crippen molar-refractivity contribution in [2.45, 2.75) is 19.8 Å². The third kappa shape index (κ3) is 4.22. The Kier molecular flexibility index (Phi) is 5.23. The zero-order chi connectivity index (χ0) is 13.7. The zero-order valence-corrected chi connectivity index (χ0v) is 12.2. The molecule has 1 heterocycles. The van der Waals surface area contributed by atoms with Crippen LogP contribution in [-0.2, 0) is 11.2 Å². The van der Waals surface area contributed by atoms with Crippen molar-refractivity contribution < 1.29 is 4.79 Å². The Morgan fingerprint density at radius 2 is 2.00 bits per heavy atom. The van der Waals surface area contributed by atoms with Gasteiger partial charge in [-0.3, -0.25) is 4.79 Å². The summed E-state index contributed by atoms with van der Waals surface area (Å²) in [5.41, 5.74) is 1.13. The number of carbonyl (C=O) groups is 1. The van der Waals surface area contributed by atoms with Crippen LogP contribution in [0.4, 0.5) is 0 Å². The van der Waals surface area contributed by atoms with E-state index in [1.54, 1.807) is 0 Å². The number of piperazine rings is 1. The molecule has 0 unspecified atom stereocenters. The molecule has 104 valence electrons. The molecule has 0 radical (unpaired) electrons. The van der Waals surface area contributed by atoms with Crippen LogP contribution in [0.3, 0.4) is 0 Å². The number of rotatable bonds is 4. The van der Waals surface area contributed by atoms with Gasteiger partial charge in [0, 0.05) is 37.6 Å². The first-order chi connectivity index (χ1) is 9.19. The van der Waals surface area contributed by atoms with Gasteiger partial charge in [0.1, 0.15) is 0 Å². The number of benzene rings is 1. The molecule has 3 nitrogen and oxygen atoms in total. The highest BCUT2D eigenvalue weighted by atomic mass is 35.5. The van der Waals surface area contributed by atoms with E-state index in [-0.39, 0.29) is 5.91 Å². The van der Waals surface area contributed by atoms with Gasteiger partial charge in [-0.25, -0.2) is 0 Å². The van der Waals surface area contributed by atoms with Crippen LogP contribution in [0.5, 0.6) is 0 Å². The summed E-state index contributed by atoms with van der Waals surface area (Å²) >= 11 is 5.94. The Morgan fingerprint density at radius 3 is 2.63 bits per heavy atom. The van der Waals surface area contributed by atoms with Gasteiger partial charge in [-0.2, -0.15) is 0 Å². The molecular weight excluding hydrogens is 260 g/mol. The van der Waals surface area contributed by atoms with E-state index in [1.807, 2.05) is 29.2 Å². The van der Waals surface area contributed by atoms with Gasteiger partial charge in [0.15, 0.2) is 0 Å². The third-order valence-corrected chi connectivity index (χ3v) is 3.92. The first-order valence-electron chi connectivity index (χ1n) is 6.93. The maximum absolute atomic E-state index is 12.1. The zero-order valence-electron chi connectivity index (χ0n) is 11.4. The number of aryl methyl sites for hydroxylation is 1. The minimum atomic E-state index is 0.260. The van der Waals surface area contributed by atoms with Gasteiger partial charge >= 0.3 is 0 Å². The van der Waals surface area contributed by atoms with E-state index in [1.165, 1.54) is 0 Å². The second-order valence-corrected chi connectivity index (χ2v) is 5.38. The topological polar surface area (TPSA) is 23.6 Å². The number of hydrogen-bond donors (Lipinski definition) is 0. The number of likely N-dealkylation sites (N-methyl/N-ethyl adjacent to an activating group) is 1. The molecule has 1 amide bonds. The molecule has 1 fully saturated rings. The molecule has 0 atom stereocenters. The van der Waals surface area contributed by atoms with Crippen LogP contribution in [-0.4, -0.2) is 48.4 Å². The van der Waals surface area contributed by atoms with E-state index in [2.05, 4.69) is 11.8 Å². The lowest BCUT2D eigenvalue weighted by atomic mass is 10.1. The van der Waals surface area contributed by atoms with Crippen LogP contribution < -0.4 is 0 Å². The largest absolute Gasteiger partial charge is 0.340 e. The van der Waals surface area contributed by atoms with E-state index >= 15 is 0 Å². The van der Waals surface area contributed by atoms with Crippen molar-refractivity contribution in [3.63, 3.8) is 0 Å². The van der Waals surface area contributed by atoms with Crippen LogP contribution in [0.15, 0.2) is 24.3 Å². The maximum Gasteiger partial charge on any atom is 0.222 e. The first-order valence-corrected chi connectivity index (χ1v) is 7.31. The fraction of sp³-hybridized carbons (Fsp3) is 0.533. The van der Waals surface area contributed by atoms with E-state index in [4.69, 9.17) is 11.6 Å². The number of hydrogen-bond acceptors (Lipinski definition) is 2. The molecular formula is C15H21ClN2O. The molecule has 0 N–H and O–H groups in total. The number of nitrogens with zero attached hydrogens (tertiary/aromatic N) is 2. The Morgan fingerprint density at radius 1 is 1.26 bits per heavy atom. The maximum atomic E-state index is 12.1. The molecule has 0 saturated carbocycles. The molecule has 2 rings (SSSR count). The average Bonchev–Trinajstić information content (AvgIpc) is 2.45. The van der Waals surface area contributed by atoms with Crippen molar-refractivity contribution in [2.24, 2.45) is 0 Å². The van der Waals surface area contributed by atoms with Gasteiger partial charge in [0.05, 0.1) is 0 Å². The van der Waals surface area contributed by atoms with Gasteiger partial charge in [0.2, 0.25) is 5.91 Å². The molecule has 0 spiro atoms. The molecule has 0 aliphatic carbocycles. The summed E-state index contributed by atoms with van der Waals surface area (Å²) in [7, 11) is 0. The van der Waals surface area contributed by atoms with Crippen molar-refractivity contribution in [3.8, 4) is 0 Å². The second-order valence-electron chi connectivity index (χ2n) is 4.94. The Balaban J connectivity index is 1.79. The molecule has 1 aromatic carbocycles. The van der Waals surface area contributed by atoms with Crippen molar-refractivity contribution in [2.75, 3.05) is 32.7 Å². The van der Waals surface area contributed by atoms with Crippen molar-refractivity contribution in [3.05, 3.63) is 34.9 Å². The first kappa shape index (κ1) is 14.4. The van der Waals surface area contributed by atoms with E-state index in [9.17, 15) is 4.79 Å². The summed E-state index contributed by atoms with van der Waals surface area (Å²) in [6.45, 7) is 6.96. The lowest BCUT2D eigenvalue weighted by molar-refractivity contribution is -0.132. The highest BCUT2D eigenvalue weighted by Gasteiger charge is 2.19. The summed E-state index contributed by atoms with van der Waals surface area (Å²) in [6.07, 6.45) is 1.35. The number of amides is 1. The van der Waals surface area contributed by atoms with Crippen LogP contribution in [0.25, 0.3) is 0 Å². The molecule has 19 heavy (non-hydrogen) atoms. The smallest absolute Gasteiger partial charge is 0.222 e. The highest BCUT2D eigenvalue weighted by Crippen LogP contribution is 2.13. The summed E-state index contributed by atoms with van der Waals surface area (Å²) in [4.78, 5) is 16.5. The van der Waals surface area contributed by atoms with Gasteiger partial charge in [-0.15, -0.1) is 0 Å². The SMILES string of the molecule is CCN1CCN(C(=O)CCc2cccc(Cl)c2)CC1. The van der Waals surface area contributed by atoms with Gasteiger partial charge in [-0.05, 0) is 30.7 Å². The van der Waals surface area contributed by atoms with Gasteiger partial charge in [-0.1, -0.05) is 30.7 Å². The predicted molar refractivity (Wildman–Crippen MR) is 78.5 cm³/mol. The Labute approximate surface area is 120 Å². The molecule has 0 aromatic heterocycles. The quantitative estimate of drug-likeness (QED) is 0.846. The van der Waals surface area contributed by atoms with Crippen molar-refractivity contribution in [1.82, 2.24) is 9.80 Å². The summed E-state index contributed by atoms with van der Waals surface area (Å²) < 4.78 is 0. The van der Waals surface area contributed by atoms with E-state index in [0.29, 0.717) is 6.42 Å². The summed E-state index contributed by atoms with van der Waals surface area (Å²) in [6, 6.07) is 7.75. The third-order valence-electron chi connectivity index (χ3n) is 3.69. The summed E-state index contributed by atoms with van der Waals surface area (Å²) in [5.74, 6) is 0.260. The molecule has 1 aromatic rings. The minimum absolute atomic E-state index is 0.260. The standard InChI is InChI=1S/C15H21ClN2O/c1-2-17-8-10-18(11-9-17)15(19)7-6-13-4-3-5-14(16)12-13/h3-5,12H,2,6-11H2,1H3. The molecule has 1 aliphatic rings. The van der Waals surface area contributed by atoms with Crippen LogP contribution in [0.1, 0.15) is 18.9 Å². The number of carbonyl (C=O) groups excluding carboxylic acids is 1. The van der Waals surface area contributed by atoms with Crippen LogP contribution in [0, 0.1) is 0 Å². The lowest BCUT2D eigenvalue weighted by Crippen LogP contribution is -2.48. The van der Waals surface area contributed by atoms with Crippen molar-refractivity contribution in [1.29, 1.82) is 0 Å². The minimum Gasteiger partial charge on any atom is -0.340 e. The Hall–Kier alpha value is -1.06. The normalized spacial score (nSPS) is 16.6. The monoisotopic (exact) mass is 280 g/mol. The average molecular weight is 281 g/mol. The van der Waals surface area contributed by atoms with E-state index in [0.717, 1.165) is 49.7 Å². The predicted octanol–water partition coefficient (Wildman–Crippen LogP) is 2.44. The van der Waals surface area contributed by atoms with Gasteiger partial charge in [0.25, 0.3) is 0 Å². The molecule has 0 bridgehead atoms. The fourth-order valence-corrected chi connectivity index (χ4v) is 2.63. The highest BCUT2D eigenvalue weighted by molar-refractivity contribution is 6.30. The van der Waals surface area contributed by atoms with Gasteiger partial charge < -0.3 is 9.80 Å². The molecule has 1 aliphatic heterocycles. The fourth-order valence-electron chi connectivity index (χ4n) is 2.42. The van der Waals surface area contributed by atoms with Crippen LogP contribution >= 0.6 is 11.6 Å². The van der Waals surface area contributed by atoms with E-state index < -0.39 is 0 Å². The number of halogens is 1. The van der Waals surface area contributed by atoms with Crippen molar-refractivity contribution >= 4 is 17.5 Å². The lowest BCUT2D eigenvalue weighted by Gasteiger charge is -2.34. The molecule has 4 heteroatoms. The second kappa shape index (κ2) is 6.92. The Bertz CT molecular complexity index is 428. The molecule has 1 saturated heterocycles. The van der Waals surface area contributed by atoms with Crippen LogP contribution in [0.2, 0.25) is 5.02 Å². The summed E-state index contributed by atoms with van der Waals surface area (Å²) in [5, 5.41) is 0.738.